The van der Waals surface area contributed by atoms with E-state index in [0.717, 1.165) is 62.8 Å². The van der Waals surface area contributed by atoms with Gasteiger partial charge in [-0.1, -0.05) is 12.1 Å². The van der Waals surface area contributed by atoms with Crippen molar-refractivity contribution < 1.29 is 36.9 Å². The largest absolute Gasteiger partial charge is 0.494 e. The minimum atomic E-state index is -3.00. The highest BCUT2D eigenvalue weighted by molar-refractivity contribution is 7.90. The van der Waals surface area contributed by atoms with Gasteiger partial charge in [0.05, 0.1) is 32.7 Å². The Bertz CT molecular complexity index is 1530. The van der Waals surface area contributed by atoms with Crippen LogP contribution in [0.5, 0.6) is 23.0 Å². The van der Waals surface area contributed by atoms with Crippen LogP contribution in [0.3, 0.4) is 0 Å². The summed E-state index contributed by atoms with van der Waals surface area (Å²) < 4.78 is 51.6. The number of esters is 1. The lowest BCUT2D eigenvalue weighted by Crippen LogP contribution is -2.08. The number of fused-ring (bicyclic) bond motifs is 4. The summed E-state index contributed by atoms with van der Waals surface area (Å²) in [6.45, 7) is 3.90. The monoisotopic (exact) mass is 580 g/mol. The van der Waals surface area contributed by atoms with Gasteiger partial charge in [-0.2, -0.15) is 0 Å². The van der Waals surface area contributed by atoms with E-state index in [0.29, 0.717) is 45.7 Å². The lowest BCUT2D eigenvalue weighted by Gasteiger charge is -2.16. The molecule has 0 fully saturated rings. The molecule has 0 N–H and O–H groups in total. The minimum absolute atomic E-state index is 0.110. The number of sulfone groups is 1. The predicted octanol–water partition coefficient (Wildman–Crippen LogP) is 5.42. The molecule has 0 saturated heterocycles. The summed E-state index contributed by atoms with van der Waals surface area (Å²) in [5.41, 5.74) is 6.46. The van der Waals surface area contributed by atoms with Gasteiger partial charge in [0.15, 0.2) is 0 Å². The Morgan fingerprint density at radius 2 is 1.85 bits per heavy atom. The van der Waals surface area contributed by atoms with Crippen LogP contribution in [0.15, 0.2) is 48.5 Å². The van der Waals surface area contributed by atoms with E-state index in [-0.39, 0.29) is 17.6 Å². The van der Waals surface area contributed by atoms with Crippen LogP contribution in [0.1, 0.15) is 47.4 Å². The molecule has 0 radical (unpaired) electrons. The van der Waals surface area contributed by atoms with Crippen molar-refractivity contribution in [3.8, 4) is 34.1 Å². The van der Waals surface area contributed by atoms with Crippen LogP contribution in [-0.4, -0.2) is 53.3 Å². The third kappa shape index (κ3) is 7.14. The molecular weight excluding hydrogens is 544 g/mol. The van der Waals surface area contributed by atoms with E-state index in [1.807, 2.05) is 42.5 Å². The Labute approximate surface area is 241 Å². The third-order valence-corrected chi connectivity index (χ3v) is 8.49. The van der Waals surface area contributed by atoms with Crippen molar-refractivity contribution in [3.63, 3.8) is 0 Å². The van der Waals surface area contributed by atoms with Crippen LogP contribution in [0.4, 0.5) is 0 Å². The number of hydrogen-bond acceptors (Lipinski definition) is 8. The molecule has 0 saturated carbocycles. The Balaban J connectivity index is 1.27. The van der Waals surface area contributed by atoms with Crippen LogP contribution in [-0.2, 0) is 32.4 Å². The molecule has 218 valence electrons. The summed E-state index contributed by atoms with van der Waals surface area (Å²) >= 11 is 0. The van der Waals surface area contributed by atoms with Crippen molar-refractivity contribution >= 4 is 15.8 Å². The summed E-state index contributed by atoms with van der Waals surface area (Å²) in [6.07, 6.45) is 3.49. The lowest BCUT2D eigenvalue weighted by atomic mass is 9.92. The predicted molar refractivity (Wildman–Crippen MR) is 156 cm³/mol. The van der Waals surface area contributed by atoms with E-state index in [9.17, 15) is 13.2 Å². The molecule has 41 heavy (non-hydrogen) atoms. The fourth-order valence-corrected chi connectivity index (χ4v) is 6.05. The molecule has 1 atom stereocenters. The summed E-state index contributed by atoms with van der Waals surface area (Å²) in [4.78, 5) is 11.5. The van der Waals surface area contributed by atoms with E-state index in [1.165, 1.54) is 13.4 Å². The lowest BCUT2D eigenvalue weighted by molar-refractivity contribution is -0.140. The second kappa shape index (κ2) is 12.4. The molecule has 2 aliphatic heterocycles. The zero-order chi connectivity index (χ0) is 29.0. The summed E-state index contributed by atoms with van der Waals surface area (Å²) in [5, 5.41) is 0. The van der Waals surface area contributed by atoms with Gasteiger partial charge in [-0.15, -0.1) is 0 Å². The maximum absolute atomic E-state index is 11.5. The minimum Gasteiger partial charge on any atom is -0.494 e. The van der Waals surface area contributed by atoms with Crippen molar-refractivity contribution in [2.24, 2.45) is 0 Å². The second-order valence-electron chi connectivity index (χ2n) is 10.6. The van der Waals surface area contributed by atoms with Gasteiger partial charge in [0.25, 0.3) is 0 Å². The fraction of sp³-hybridized carbons (Fsp3) is 0.406. The number of benzene rings is 3. The average molecular weight is 581 g/mol. The molecule has 0 spiro atoms. The second-order valence-corrected chi connectivity index (χ2v) is 12.9. The Hall–Kier alpha value is -3.72. The fourth-order valence-electron chi connectivity index (χ4n) is 5.41. The summed E-state index contributed by atoms with van der Waals surface area (Å²) in [7, 11) is -1.60. The molecule has 2 heterocycles. The van der Waals surface area contributed by atoms with E-state index in [4.69, 9.17) is 23.7 Å². The van der Waals surface area contributed by atoms with Gasteiger partial charge >= 0.3 is 5.97 Å². The maximum atomic E-state index is 11.5. The van der Waals surface area contributed by atoms with E-state index in [2.05, 4.69) is 13.0 Å². The number of hydrogen-bond donors (Lipinski definition) is 0. The average Bonchev–Trinajstić information content (AvgIpc) is 3.25. The van der Waals surface area contributed by atoms with Gasteiger partial charge < -0.3 is 23.7 Å². The number of methoxy groups -OCH3 is 1. The third-order valence-electron chi connectivity index (χ3n) is 7.46. The normalized spacial score (nSPS) is 15.4. The van der Waals surface area contributed by atoms with Crippen molar-refractivity contribution in [3.05, 3.63) is 70.8 Å². The molecule has 0 unspecified atom stereocenters. The highest BCUT2D eigenvalue weighted by atomic mass is 32.2. The van der Waals surface area contributed by atoms with Crippen LogP contribution >= 0.6 is 0 Å². The van der Waals surface area contributed by atoms with E-state index >= 15 is 0 Å². The molecule has 0 amide bonds. The van der Waals surface area contributed by atoms with Gasteiger partial charge in [0.2, 0.25) is 0 Å². The first kappa shape index (κ1) is 28.8. The van der Waals surface area contributed by atoms with Gasteiger partial charge in [-0.3, -0.25) is 4.79 Å². The Kier molecular flexibility index (Phi) is 8.73. The molecule has 3 aromatic carbocycles. The summed E-state index contributed by atoms with van der Waals surface area (Å²) in [6, 6.07) is 16.0. The molecule has 2 aliphatic rings. The smallest absolute Gasteiger partial charge is 0.305 e. The van der Waals surface area contributed by atoms with Crippen molar-refractivity contribution in [2.75, 3.05) is 38.9 Å². The quantitative estimate of drug-likeness (QED) is 0.219. The molecule has 5 rings (SSSR count). The zero-order valence-corrected chi connectivity index (χ0v) is 24.6. The standard InChI is InChI=1S/C32H36O8S/c1-21-15-26(37-12-4-14-41(3,34)35)17-23-11-13-38-29-9-5-22(16-28(29)32(21)23)19-39-25-7-8-27-24(6-10-31(33)36-2)20-40-30(27)18-25/h5,7-9,15-18,24H,4,6,10-14,19-20H2,1-3H3/t24-/m1/s1. The van der Waals surface area contributed by atoms with Crippen LogP contribution in [0.2, 0.25) is 0 Å². The Morgan fingerprint density at radius 1 is 1.00 bits per heavy atom. The van der Waals surface area contributed by atoms with E-state index in [1.54, 1.807) is 0 Å². The number of carbonyl (C=O) groups is 1. The molecule has 0 bridgehead atoms. The molecule has 0 aromatic heterocycles. The first-order valence-electron chi connectivity index (χ1n) is 13.9. The van der Waals surface area contributed by atoms with Crippen LogP contribution in [0, 0.1) is 6.92 Å². The highest BCUT2D eigenvalue weighted by Gasteiger charge is 2.25. The Morgan fingerprint density at radius 3 is 2.66 bits per heavy atom. The molecule has 0 aliphatic carbocycles. The van der Waals surface area contributed by atoms with Gasteiger partial charge in [-0.05, 0) is 72.4 Å². The number of ether oxygens (including phenoxy) is 5. The van der Waals surface area contributed by atoms with Crippen molar-refractivity contribution in [2.45, 2.75) is 45.1 Å². The number of aryl methyl sites for hydroxylation is 1. The van der Waals surface area contributed by atoms with E-state index < -0.39 is 9.84 Å². The molecule has 9 heteroatoms. The highest BCUT2D eigenvalue weighted by Crippen LogP contribution is 2.41. The first-order valence-corrected chi connectivity index (χ1v) is 15.9. The SMILES string of the molecule is COC(=O)CC[C@@H]1COc2cc(OCc3ccc4c(c3)-c3c(C)cc(OCCCS(C)(=O)=O)cc3CCO4)ccc21. The van der Waals surface area contributed by atoms with Gasteiger partial charge in [0, 0.05) is 42.2 Å². The number of carbonyl (C=O) groups excluding carboxylic acids is 1. The van der Waals surface area contributed by atoms with Crippen LogP contribution in [0.25, 0.3) is 11.1 Å². The number of rotatable bonds is 11. The topological polar surface area (TPSA) is 97.4 Å². The molecular formula is C32H36O8S. The molecule has 3 aromatic rings. The first-order chi connectivity index (χ1) is 19.7. The van der Waals surface area contributed by atoms with Gasteiger partial charge in [0.1, 0.15) is 39.4 Å². The van der Waals surface area contributed by atoms with Crippen LogP contribution < -0.4 is 18.9 Å². The summed E-state index contributed by atoms with van der Waals surface area (Å²) in [5.74, 6) is 3.16. The van der Waals surface area contributed by atoms with Crippen molar-refractivity contribution in [1.82, 2.24) is 0 Å². The molecule has 8 nitrogen and oxygen atoms in total. The maximum Gasteiger partial charge on any atom is 0.305 e. The zero-order valence-electron chi connectivity index (χ0n) is 23.7. The van der Waals surface area contributed by atoms with Crippen molar-refractivity contribution in [1.29, 1.82) is 0 Å². The van der Waals surface area contributed by atoms with Gasteiger partial charge in [-0.25, -0.2) is 8.42 Å².